The van der Waals surface area contributed by atoms with Gasteiger partial charge in [0.15, 0.2) is 0 Å². The molecule has 1 aromatic carbocycles. The third-order valence-electron chi connectivity index (χ3n) is 2.81. The number of rotatable bonds is 4. The third kappa shape index (κ3) is 4.38. The molecule has 1 N–H and O–H groups in total. The van der Waals surface area contributed by atoms with E-state index in [0.717, 1.165) is 16.7 Å². The molecule has 1 unspecified atom stereocenters. The van der Waals surface area contributed by atoms with Crippen LogP contribution < -0.4 is 0 Å². The summed E-state index contributed by atoms with van der Waals surface area (Å²) in [5, 5.41) is 9.91. The van der Waals surface area contributed by atoms with Gasteiger partial charge in [0, 0.05) is 6.42 Å². The van der Waals surface area contributed by atoms with Crippen molar-refractivity contribution in [1.82, 2.24) is 0 Å². The molecule has 1 nitrogen and oxygen atoms in total. The summed E-state index contributed by atoms with van der Waals surface area (Å²) in [5.74, 6) is 0. The topological polar surface area (TPSA) is 20.2 Å². The first-order valence-electron chi connectivity index (χ1n) is 5.62. The summed E-state index contributed by atoms with van der Waals surface area (Å²) in [6.07, 6.45) is -5.68. The molecule has 0 aliphatic carbocycles. The summed E-state index contributed by atoms with van der Waals surface area (Å²) in [6.45, 7) is 3.71. The molecule has 4 heteroatoms. The van der Waals surface area contributed by atoms with Crippen molar-refractivity contribution in [2.45, 2.75) is 45.4 Å². The fourth-order valence-corrected chi connectivity index (χ4v) is 1.99. The highest BCUT2D eigenvalue weighted by atomic mass is 19.4. The zero-order valence-corrected chi connectivity index (χ0v) is 10.0. The van der Waals surface area contributed by atoms with E-state index in [1.54, 1.807) is 0 Å². The minimum absolute atomic E-state index is 0.0432. The van der Waals surface area contributed by atoms with Gasteiger partial charge < -0.3 is 5.11 Å². The van der Waals surface area contributed by atoms with Gasteiger partial charge in [-0.1, -0.05) is 18.2 Å². The minimum atomic E-state index is -4.14. The van der Waals surface area contributed by atoms with Crippen molar-refractivity contribution < 1.29 is 18.3 Å². The second-order valence-corrected chi connectivity index (χ2v) is 4.33. The van der Waals surface area contributed by atoms with Gasteiger partial charge in [0.25, 0.3) is 0 Å². The molecule has 0 aromatic heterocycles. The second-order valence-electron chi connectivity index (χ2n) is 4.33. The maximum Gasteiger partial charge on any atom is 0.389 e. The second kappa shape index (κ2) is 5.54. The quantitative estimate of drug-likeness (QED) is 0.849. The predicted molar refractivity (Wildman–Crippen MR) is 60.8 cm³/mol. The Labute approximate surface area is 99.3 Å². The van der Waals surface area contributed by atoms with E-state index in [1.165, 1.54) is 0 Å². The largest absolute Gasteiger partial charge is 0.389 e. The molecular formula is C13H17F3O. The van der Waals surface area contributed by atoms with E-state index in [2.05, 4.69) is 0 Å². The Morgan fingerprint density at radius 3 is 2.18 bits per heavy atom. The molecule has 0 saturated carbocycles. The molecule has 0 heterocycles. The van der Waals surface area contributed by atoms with Crippen LogP contribution in [0.3, 0.4) is 0 Å². The first-order valence-corrected chi connectivity index (χ1v) is 5.62. The van der Waals surface area contributed by atoms with Crippen LogP contribution in [-0.2, 0) is 0 Å². The highest BCUT2D eigenvalue weighted by Crippen LogP contribution is 2.29. The van der Waals surface area contributed by atoms with Gasteiger partial charge >= 0.3 is 6.18 Å². The van der Waals surface area contributed by atoms with Crippen molar-refractivity contribution in [1.29, 1.82) is 0 Å². The van der Waals surface area contributed by atoms with Crippen molar-refractivity contribution in [2.24, 2.45) is 0 Å². The highest BCUT2D eigenvalue weighted by molar-refractivity contribution is 5.35. The minimum Gasteiger partial charge on any atom is -0.388 e. The molecule has 96 valence electrons. The molecule has 0 fully saturated rings. The van der Waals surface area contributed by atoms with E-state index in [1.807, 2.05) is 32.0 Å². The monoisotopic (exact) mass is 246 g/mol. The molecular weight excluding hydrogens is 229 g/mol. The standard InChI is InChI=1S/C13H17F3O/c1-9-5-3-6-10(2)12(9)11(17)7-4-8-13(14,15)16/h3,5-6,11,17H,4,7-8H2,1-2H3. The summed E-state index contributed by atoms with van der Waals surface area (Å²) in [4.78, 5) is 0. The molecule has 0 aliphatic rings. The maximum atomic E-state index is 12.0. The van der Waals surface area contributed by atoms with Crippen LogP contribution in [0, 0.1) is 13.8 Å². The van der Waals surface area contributed by atoms with Crippen LogP contribution in [0.1, 0.15) is 42.1 Å². The summed E-state index contributed by atoms with van der Waals surface area (Å²) >= 11 is 0. The Hall–Kier alpha value is -1.03. The van der Waals surface area contributed by atoms with E-state index < -0.39 is 18.7 Å². The number of hydrogen-bond acceptors (Lipinski definition) is 1. The molecule has 0 saturated heterocycles. The van der Waals surface area contributed by atoms with Gasteiger partial charge in [-0.3, -0.25) is 0 Å². The Balaban J connectivity index is 2.61. The van der Waals surface area contributed by atoms with Crippen molar-refractivity contribution in [3.8, 4) is 0 Å². The summed E-state index contributed by atoms with van der Waals surface area (Å²) in [6, 6.07) is 5.58. The normalized spacial score (nSPS) is 13.8. The Morgan fingerprint density at radius 1 is 1.18 bits per heavy atom. The first kappa shape index (κ1) is 14.0. The van der Waals surface area contributed by atoms with E-state index in [-0.39, 0.29) is 12.8 Å². The van der Waals surface area contributed by atoms with Gasteiger partial charge in [-0.05, 0) is 43.4 Å². The number of halogens is 3. The number of hydrogen-bond donors (Lipinski definition) is 1. The smallest absolute Gasteiger partial charge is 0.388 e. The first-order chi connectivity index (χ1) is 7.81. The summed E-state index contributed by atoms with van der Waals surface area (Å²) < 4.78 is 36.0. The molecule has 1 atom stereocenters. The van der Waals surface area contributed by atoms with Crippen LogP contribution in [-0.4, -0.2) is 11.3 Å². The van der Waals surface area contributed by atoms with Crippen LogP contribution in [0.15, 0.2) is 18.2 Å². The van der Waals surface area contributed by atoms with Crippen molar-refractivity contribution in [3.63, 3.8) is 0 Å². The van der Waals surface area contributed by atoms with E-state index in [4.69, 9.17) is 0 Å². The van der Waals surface area contributed by atoms with E-state index in [0.29, 0.717) is 0 Å². The predicted octanol–water partition coefficient (Wildman–Crippen LogP) is 4.07. The third-order valence-corrected chi connectivity index (χ3v) is 2.81. The molecule has 0 radical (unpaired) electrons. The number of aliphatic hydroxyl groups is 1. The van der Waals surface area contributed by atoms with Crippen LogP contribution in [0.25, 0.3) is 0 Å². The van der Waals surface area contributed by atoms with Crippen LogP contribution in [0.2, 0.25) is 0 Å². The molecule has 1 rings (SSSR count). The lowest BCUT2D eigenvalue weighted by Crippen LogP contribution is -2.09. The van der Waals surface area contributed by atoms with Gasteiger partial charge in [-0.25, -0.2) is 0 Å². The zero-order valence-electron chi connectivity index (χ0n) is 10.0. The van der Waals surface area contributed by atoms with Crippen LogP contribution in [0.4, 0.5) is 13.2 Å². The average molecular weight is 246 g/mol. The van der Waals surface area contributed by atoms with Gasteiger partial charge in [0.1, 0.15) is 0 Å². The Morgan fingerprint density at radius 2 is 1.71 bits per heavy atom. The van der Waals surface area contributed by atoms with Crippen LogP contribution in [0.5, 0.6) is 0 Å². The van der Waals surface area contributed by atoms with Gasteiger partial charge in [0.05, 0.1) is 6.10 Å². The lowest BCUT2D eigenvalue weighted by molar-refractivity contribution is -0.136. The van der Waals surface area contributed by atoms with Crippen molar-refractivity contribution >= 4 is 0 Å². The van der Waals surface area contributed by atoms with Gasteiger partial charge in [-0.2, -0.15) is 13.2 Å². The Kier molecular flexibility index (Phi) is 4.57. The van der Waals surface area contributed by atoms with Crippen molar-refractivity contribution in [2.75, 3.05) is 0 Å². The van der Waals surface area contributed by atoms with Crippen LogP contribution >= 0.6 is 0 Å². The maximum absolute atomic E-state index is 12.0. The summed E-state index contributed by atoms with van der Waals surface area (Å²) in [5.41, 5.74) is 2.60. The molecule has 1 aromatic rings. The fourth-order valence-electron chi connectivity index (χ4n) is 1.99. The van der Waals surface area contributed by atoms with E-state index >= 15 is 0 Å². The zero-order chi connectivity index (χ0) is 13.1. The van der Waals surface area contributed by atoms with Crippen molar-refractivity contribution in [3.05, 3.63) is 34.9 Å². The number of aliphatic hydroxyl groups excluding tert-OH is 1. The average Bonchev–Trinajstić information content (AvgIpc) is 2.15. The highest BCUT2D eigenvalue weighted by Gasteiger charge is 2.26. The molecule has 0 spiro atoms. The van der Waals surface area contributed by atoms with Gasteiger partial charge in [0.2, 0.25) is 0 Å². The molecule has 17 heavy (non-hydrogen) atoms. The Bertz CT molecular complexity index is 351. The van der Waals surface area contributed by atoms with E-state index in [9.17, 15) is 18.3 Å². The SMILES string of the molecule is Cc1cccc(C)c1C(O)CCCC(F)(F)F. The lowest BCUT2D eigenvalue weighted by atomic mass is 9.95. The lowest BCUT2D eigenvalue weighted by Gasteiger charge is -2.16. The number of aryl methyl sites for hydroxylation is 2. The fraction of sp³-hybridized carbons (Fsp3) is 0.538. The summed E-state index contributed by atoms with van der Waals surface area (Å²) in [7, 11) is 0. The number of alkyl halides is 3. The number of benzene rings is 1. The van der Waals surface area contributed by atoms with Gasteiger partial charge in [-0.15, -0.1) is 0 Å². The molecule has 0 aliphatic heterocycles. The molecule has 0 amide bonds. The molecule has 0 bridgehead atoms.